The molecule has 22 heteroatoms. The lowest BCUT2D eigenvalue weighted by atomic mass is 10.0. The number of carboxylic acids is 1. The van der Waals surface area contributed by atoms with Gasteiger partial charge in [0.2, 0.25) is 59.1 Å². The molecule has 22 nitrogen and oxygen atoms in total. The van der Waals surface area contributed by atoms with Gasteiger partial charge in [0.25, 0.3) is 0 Å². The summed E-state index contributed by atoms with van der Waals surface area (Å²) in [5, 5.41) is 25.2. The van der Waals surface area contributed by atoms with Gasteiger partial charge in [-0.1, -0.05) is 102 Å². The Morgan fingerprint density at radius 1 is 0.548 bits per heavy atom. The minimum absolute atomic E-state index is 0.00915. The molecule has 10 amide bonds. The van der Waals surface area contributed by atoms with Crippen molar-refractivity contribution in [3.8, 4) is 23.7 Å². The van der Waals surface area contributed by atoms with E-state index in [1.165, 1.54) is 78.6 Å². The zero-order valence-electron chi connectivity index (χ0n) is 43.4. The normalized spacial score (nSPS) is 14.7. The summed E-state index contributed by atoms with van der Waals surface area (Å²) < 4.78 is 0. The van der Waals surface area contributed by atoms with Crippen LogP contribution in [-0.2, 0) is 52.7 Å². The third-order valence-electron chi connectivity index (χ3n) is 11.9. The zero-order valence-corrected chi connectivity index (χ0v) is 43.4. The molecule has 73 heavy (non-hydrogen) atoms. The summed E-state index contributed by atoms with van der Waals surface area (Å²) in [4.78, 5) is 139. The summed E-state index contributed by atoms with van der Waals surface area (Å²) in [6, 6.07) is -8.19. The number of carbonyl (C=O) groups is 11. The molecule has 1 rings (SSSR count). The molecule has 408 valence electrons. The van der Waals surface area contributed by atoms with Crippen LogP contribution >= 0.6 is 0 Å². The van der Waals surface area contributed by atoms with E-state index in [1.54, 1.807) is 0 Å². The lowest BCUT2D eigenvalue weighted by molar-refractivity contribution is -0.143. The topological polar surface area (TPSA) is 347 Å². The van der Waals surface area contributed by atoms with Crippen LogP contribution in [0.1, 0.15) is 175 Å². The first-order chi connectivity index (χ1) is 34.8. The van der Waals surface area contributed by atoms with Crippen molar-refractivity contribution in [2.45, 2.75) is 212 Å². The number of nitrogens with one attached hydrogen (secondary N) is 7. The Morgan fingerprint density at radius 2 is 1.03 bits per heavy atom. The molecule has 12 N–H and O–H groups in total. The van der Waals surface area contributed by atoms with Crippen molar-refractivity contribution in [3.63, 3.8) is 0 Å². The maximum absolute atomic E-state index is 13.8. The van der Waals surface area contributed by atoms with Crippen molar-refractivity contribution in [3.05, 3.63) is 0 Å². The predicted molar refractivity (Wildman–Crippen MR) is 272 cm³/mol. The van der Waals surface area contributed by atoms with Gasteiger partial charge in [-0.3, -0.25) is 52.7 Å². The Labute approximate surface area is 430 Å². The smallest absolute Gasteiger partial charge is 0.322 e. The first kappa shape index (κ1) is 64.3. The van der Waals surface area contributed by atoms with E-state index in [0.717, 1.165) is 56.3 Å². The summed E-state index contributed by atoms with van der Waals surface area (Å²) in [7, 11) is 0. The zero-order chi connectivity index (χ0) is 54.6. The molecule has 1 saturated heterocycles. The van der Waals surface area contributed by atoms with Gasteiger partial charge >= 0.3 is 5.97 Å². The number of amides is 10. The van der Waals surface area contributed by atoms with E-state index in [-0.39, 0.29) is 31.7 Å². The molecule has 0 bridgehead atoms. The number of likely N-dealkylation sites (tertiary alicyclic amines) is 1. The second kappa shape index (κ2) is 38.0. The van der Waals surface area contributed by atoms with Crippen LogP contribution in [0, 0.1) is 23.7 Å². The maximum Gasteiger partial charge on any atom is 0.322 e. The monoisotopic (exact) mass is 1030 g/mol. The number of hydrogen-bond donors (Lipinski definition) is 10. The van der Waals surface area contributed by atoms with E-state index in [9.17, 15) is 52.7 Å². The minimum atomic E-state index is -1.63. The molecule has 0 aliphatic carbocycles. The van der Waals surface area contributed by atoms with Crippen LogP contribution < -0.4 is 48.7 Å². The van der Waals surface area contributed by atoms with E-state index < -0.39 is 121 Å². The highest BCUT2D eigenvalue weighted by Gasteiger charge is 2.40. The molecule has 1 aliphatic heterocycles. The largest absolute Gasteiger partial charge is 0.480 e. The quantitative estimate of drug-likeness (QED) is 0.0308. The summed E-state index contributed by atoms with van der Waals surface area (Å²) in [6.07, 6.45) is 19.2. The van der Waals surface area contributed by atoms with E-state index in [1.807, 2.05) is 0 Å². The Balaban J connectivity index is 2.50. The van der Waals surface area contributed by atoms with Crippen LogP contribution in [0.2, 0.25) is 0 Å². The number of aliphatic carboxylic acids is 1. The van der Waals surface area contributed by atoms with Gasteiger partial charge in [-0.25, -0.2) is 0 Å². The molecule has 0 radical (unpaired) electrons. The van der Waals surface area contributed by atoms with Crippen LogP contribution in [0.25, 0.3) is 0 Å². The summed E-state index contributed by atoms with van der Waals surface area (Å²) in [6.45, 7) is 4.95. The Kier molecular flexibility index (Phi) is 33.5. The van der Waals surface area contributed by atoms with Crippen molar-refractivity contribution in [2.24, 2.45) is 11.5 Å². The molecular weight excluding hydrogens is 945 g/mol. The Bertz CT molecular complexity index is 1980. The fourth-order valence-electron chi connectivity index (χ4n) is 7.72. The van der Waals surface area contributed by atoms with E-state index in [4.69, 9.17) is 16.6 Å². The number of unbranched alkanes of at least 4 members (excludes halogenated alkanes) is 16. The summed E-state index contributed by atoms with van der Waals surface area (Å²) >= 11 is 0. The number of nitrogens with two attached hydrogens (primary N) is 2. The van der Waals surface area contributed by atoms with Crippen LogP contribution in [0.5, 0.6) is 0 Å². The first-order valence-corrected chi connectivity index (χ1v) is 25.9. The van der Waals surface area contributed by atoms with Crippen LogP contribution in [-0.4, -0.2) is 131 Å². The third kappa shape index (κ3) is 30.1. The highest BCUT2D eigenvalue weighted by atomic mass is 16.4. The molecule has 0 aromatic carbocycles. The number of carboxylic acid groups (broad SMARTS) is 1. The average Bonchev–Trinajstić information content (AvgIpc) is 3.83. The SMILES string of the molecule is CCCCCCC#CC#CCCCCCCCCCCCCCCC(=O)NCC(=O)N[C@@H](C)C(=O)N[C@@H](CC(N)=O)C(=O)N1CCC[C@H]1C(=O)N[C@@H](CC(N)=O)C(=O)N[C@@H](C)C(=O)N[C@@H](C)C(=O)NCC(=O)O. The Morgan fingerprint density at radius 3 is 1.58 bits per heavy atom. The number of nitrogens with zero attached hydrogens (tertiary/aromatic N) is 1. The summed E-state index contributed by atoms with van der Waals surface area (Å²) in [5.74, 6) is 2.63. The highest BCUT2D eigenvalue weighted by Crippen LogP contribution is 2.20. The maximum atomic E-state index is 13.8. The van der Waals surface area contributed by atoms with Crippen LogP contribution in [0.4, 0.5) is 0 Å². The average molecular weight is 1030 g/mol. The lowest BCUT2D eigenvalue weighted by Gasteiger charge is -2.30. The van der Waals surface area contributed by atoms with Crippen molar-refractivity contribution in [1.29, 1.82) is 0 Å². The van der Waals surface area contributed by atoms with Gasteiger partial charge in [0, 0.05) is 25.8 Å². The van der Waals surface area contributed by atoms with E-state index >= 15 is 0 Å². The highest BCUT2D eigenvalue weighted by molar-refractivity contribution is 5.99. The predicted octanol–water partition coefficient (Wildman–Crippen LogP) is 0.967. The molecule has 1 heterocycles. The molecule has 0 aromatic heterocycles. The standard InChI is InChI=1S/C51H82N10O12/c1-5-6-7-8-9-10-11-12-13-14-15-16-17-18-19-20-21-22-23-24-25-26-29-43(64)54-33-44(65)56-36(3)48(70)60-39(32-42(53)63)51(73)61-30-27-28-40(61)50(72)59-38(31-41(52)62)49(71)58-37(4)47(69)57-35(2)46(68)55-34-45(66)67/h35-40H,5-9,14-34H2,1-4H3,(H2,52,62)(H2,53,63)(H,54,64)(H,55,68)(H,56,65)(H,57,69)(H,58,71)(H,59,72)(H,60,70)(H,66,67)/t35-,36-,37-,38-,39-,40-/m0/s1. The molecule has 1 aliphatic rings. The number of rotatable bonds is 37. The van der Waals surface area contributed by atoms with Gasteiger partial charge in [-0.15, -0.1) is 0 Å². The number of carbonyl (C=O) groups excluding carboxylic acids is 10. The summed E-state index contributed by atoms with van der Waals surface area (Å²) in [5.41, 5.74) is 10.7. The van der Waals surface area contributed by atoms with Gasteiger partial charge in [0.15, 0.2) is 0 Å². The molecule has 6 atom stereocenters. The van der Waals surface area contributed by atoms with Gasteiger partial charge in [0.1, 0.15) is 42.8 Å². The number of primary amides is 2. The van der Waals surface area contributed by atoms with Gasteiger partial charge in [0.05, 0.1) is 19.4 Å². The molecule has 1 fully saturated rings. The second-order valence-corrected chi connectivity index (χ2v) is 18.4. The fraction of sp³-hybridized carbons (Fsp3) is 0.706. The molecule has 0 spiro atoms. The van der Waals surface area contributed by atoms with Gasteiger partial charge in [-0.2, -0.15) is 0 Å². The van der Waals surface area contributed by atoms with Crippen molar-refractivity contribution < 1.29 is 57.8 Å². The van der Waals surface area contributed by atoms with Crippen LogP contribution in [0.3, 0.4) is 0 Å². The third-order valence-corrected chi connectivity index (χ3v) is 11.9. The molecule has 0 aromatic rings. The fourth-order valence-corrected chi connectivity index (χ4v) is 7.72. The van der Waals surface area contributed by atoms with Gasteiger partial charge in [-0.05, 0) is 64.7 Å². The second-order valence-electron chi connectivity index (χ2n) is 18.4. The molecule has 0 unspecified atom stereocenters. The van der Waals surface area contributed by atoms with Crippen molar-refractivity contribution >= 4 is 65.0 Å². The van der Waals surface area contributed by atoms with Crippen LogP contribution in [0.15, 0.2) is 0 Å². The Hall–Kier alpha value is -6.71. The van der Waals surface area contributed by atoms with E-state index in [0.29, 0.717) is 6.42 Å². The number of hydrogen-bond acceptors (Lipinski definition) is 11. The van der Waals surface area contributed by atoms with E-state index in [2.05, 4.69) is 67.8 Å². The first-order valence-electron chi connectivity index (χ1n) is 25.9. The van der Waals surface area contributed by atoms with Crippen molar-refractivity contribution in [1.82, 2.24) is 42.1 Å². The van der Waals surface area contributed by atoms with Crippen molar-refractivity contribution in [2.75, 3.05) is 19.6 Å². The molecule has 0 saturated carbocycles. The lowest BCUT2D eigenvalue weighted by Crippen LogP contribution is -2.59. The molecular formula is C51H82N10O12. The van der Waals surface area contributed by atoms with Gasteiger partial charge < -0.3 is 58.7 Å². The minimum Gasteiger partial charge on any atom is -0.480 e.